The number of carboxylic acids is 1. The SMILES string of the molecule is O=C(O)CSc1nnc(C2CC2)n1-c1ccsc1. The Labute approximate surface area is 112 Å². The molecule has 0 radical (unpaired) electrons. The molecule has 1 aliphatic carbocycles. The van der Waals surface area contributed by atoms with Crippen LogP contribution in [0.25, 0.3) is 5.69 Å². The number of thioether (sulfide) groups is 1. The Morgan fingerprint density at radius 1 is 1.56 bits per heavy atom. The van der Waals surface area contributed by atoms with E-state index in [1.54, 1.807) is 11.3 Å². The zero-order chi connectivity index (χ0) is 12.5. The van der Waals surface area contributed by atoms with E-state index >= 15 is 0 Å². The van der Waals surface area contributed by atoms with Gasteiger partial charge in [-0.25, -0.2) is 0 Å². The zero-order valence-corrected chi connectivity index (χ0v) is 11.1. The summed E-state index contributed by atoms with van der Waals surface area (Å²) < 4.78 is 1.99. The molecule has 18 heavy (non-hydrogen) atoms. The van der Waals surface area contributed by atoms with Crippen LogP contribution in [0.15, 0.2) is 22.0 Å². The summed E-state index contributed by atoms with van der Waals surface area (Å²) in [4.78, 5) is 10.6. The van der Waals surface area contributed by atoms with E-state index in [0.717, 1.165) is 24.4 Å². The molecular weight excluding hydrogens is 270 g/mol. The fourth-order valence-corrected chi connectivity index (χ4v) is 3.03. The van der Waals surface area contributed by atoms with Crippen molar-refractivity contribution in [2.45, 2.75) is 23.9 Å². The summed E-state index contributed by atoms with van der Waals surface area (Å²) in [6, 6.07) is 2.00. The first-order valence-corrected chi connectivity index (χ1v) is 7.51. The third-order valence-corrected chi connectivity index (χ3v) is 4.27. The monoisotopic (exact) mass is 281 g/mol. The summed E-state index contributed by atoms with van der Waals surface area (Å²) in [6.07, 6.45) is 2.29. The van der Waals surface area contributed by atoms with Crippen molar-refractivity contribution in [2.24, 2.45) is 0 Å². The Morgan fingerprint density at radius 2 is 2.39 bits per heavy atom. The van der Waals surface area contributed by atoms with Crippen LogP contribution in [0.2, 0.25) is 0 Å². The molecule has 0 unspecified atom stereocenters. The molecule has 3 rings (SSSR count). The van der Waals surface area contributed by atoms with Gasteiger partial charge < -0.3 is 5.11 Å². The molecule has 0 aliphatic heterocycles. The number of carboxylic acid groups (broad SMARTS) is 1. The van der Waals surface area contributed by atoms with Crippen LogP contribution in [0.1, 0.15) is 24.6 Å². The summed E-state index contributed by atoms with van der Waals surface area (Å²) in [5.74, 6) is 0.609. The number of thiophene rings is 1. The number of nitrogens with zero attached hydrogens (tertiary/aromatic N) is 3. The molecule has 2 aromatic heterocycles. The van der Waals surface area contributed by atoms with Gasteiger partial charge in [0.05, 0.1) is 11.4 Å². The predicted molar refractivity (Wildman–Crippen MR) is 69.6 cm³/mol. The van der Waals surface area contributed by atoms with E-state index < -0.39 is 5.97 Å². The third-order valence-electron chi connectivity index (χ3n) is 2.69. The number of hydrogen-bond acceptors (Lipinski definition) is 5. The summed E-state index contributed by atoms with van der Waals surface area (Å²) in [7, 11) is 0. The van der Waals surface area contributed by atoms with E-state index in [9.17, 15) is 4.79 Å². The minimum Gasteiger partial charge on any atom is -0.481 e. The Bertz CT molecular complexity index is 561. The highest BCUT2D eigenvalue weighted by Gasteiger charge is 2.31. The van der Waals surface area contributed by atoms with E-state index in [-0.39, 0.29) is 5.75 Å². The second-order valence-corrected chi connectivity index (χ2v) is 5.84. The molecule has 0 aromatic carbocycles. The van der Waals surface area contributed by atoms with E-state index in [1.807, 2.05) is 21.4 Å². The topological polar surface area (TPSA) is 68.0 Å². The first-order chi connectivity index (χ1) is 8.75. The highest BCUT2D eigenvalue weighted by atomic mass is 32.2. The van der Waals surface area contributed by atoms with Crippen molar-refractivity contribution < 1.29 is 9.90 Å². The van der Waals surface area contributed by atoms with E-state index in [2.05, 4.69) is 10.2 Å². The van der Waals surface area contributed by atoms with Gasteiger partial charge in [0.15, 0.2) is 5.16 Å². The van der Waals surface area contributed by atoms with E-state index in [0.29, 0.717) is 11.1 Å². The number of aliphatic carboxylic acids is 1. The van der Waals surface area contributed by atoms with Crippen LogP contribution in [0.3, 0.4) is 0 Å². The lowest BCUT2D eigenvalue weighted by atomic mass is 10.4. The van der Waals surface area contributed by atoms with Crippen LogP contribution >= 0.6 is 23.1 Å². The maximum atomic E-state index is 10.6. The lowest BCUT2D eigenvalue weighted by molar-refractivity contribution is -0.133. The average Bonchev–Trinajstić information content (AvgIpc) is 2.91. The van der Waals surface area contributed by atoms with Gasteiger partial charge in [-0.2, -0.15) is 11.3 Å². The van der Waals surface area contributed by atoms with Crippen molar-refractivity contribution in [3.63, 3.8) is 0 Å². The number of rotatable bonds is 5. The van der Waals surface area contributed by atoms with Crippen LogP contribution in [0.4, 0.5) is 0 Å². The van der Waals surface area contributed by atoms with Crippen LogP contribution in [0.5, 0.6) is 0 Å². The van der Waals surface area contributed by atoms with Crippen molar-refractivity contribution in [3.8, 4) is 5.69 Å². The molecule has 0 spiro atoms. The Morgan fingerprint density at radius 3 is 3.00 bits per heavy atom. The van der Waals surface area contributed by atoms with E-state index in [1.165, 1.54) is 11.8 Å². The first-order valence-electron chi connectivity index (χ1n) is 5.58. The second-order valence-electron chi connectivity index (χ2n) is 4.11. The lowest BCUT2D eigenvalue weighted by Crippen LogP contribution is -2.03. The number of aromatic nitrogens is 3. The van der Waals surface area contributed by atoms with Crippen molar-refractivity contribution in [1.29, 1.82) is 0 Å². The smallest absolute Gasteiger partial charge is 0.313 e. The van der Waals surface area contributed by atoms with Gasteiger partial charge in [-0.15, -0.1) is 10.2 Å². The van der Waals surface area contributed by atoms with Crippen LogP contribution < -0.4 is 0 Å². The molecule has 1 aliphatic rings. The molecule has 2 aromatic rings. The van der Waals surface area contributed by atoms with Crippen molar-refractivity contribution in [1.82, 2.24) is 14.8 Å². The quantitative estimate of drug-likeness (QED) is 0.852. The molecule has 1 saturated carbocycles. The molecule has 7 heteroatoms. The number of carbonyl (C=O) groups is 1. The standard InChI is InChI=1S/C11H11N3O2S2/c15-9(16)6-18-11-13-12-10(7-1-2-7)14(11)8-3-4-17-5-8/h3-5,7H,1-2,6H2,(H,15,16). The van der Waals surface area contributed by atoms with Gasteiger partial charge in [-0.1, -0.05) is 11.8 Å². The summed E-state index contributed by atoms with van der Waals surface area (Å²) in [5, 5.41) is 21.8. The Kier molecular flexibility index (Phi) is 3.09. The molecule has 0 atom stereocenters. The van der Waals surface area contributed by atoms with Crippen LogP contribution in [0, 0.1) is 0 Å². The van der Waals surface area contributed by atoms with Gasteiger partial charge in [0, 0.05) is 11.3 Å². The minimum absolute atomic E-state index is 0.00688. The largest absolute Gasteiger partial charge is 0.481 e. The van der Waals surface area contributed by atoms with Crippen LogP contribution in [-0.2, 0) is 4.79 Å². The summed E-state index contributed by atoms with van der Waals surface area (Å²) in [6.45, 7) is 0. The normalized spacial score (nSPS) is 14.9. The zero-order valence-electron chi connectivity index (χ0n) is 9.44. The highest BCUT2D eigenvalue weighted by Crippen LogP contribution is 2.41. The minimum atomic E-state index is -0.840. The molecule has 0 bridgehead atoms. The fraction of sp³-hybridized carbons (Fsp3) is 0.364. The fourth-order valence-electron chi connectivity index (χ4n) is 1.73. The highest BCUT2D eigenvalue weighted by molar-refractivity contribution is 7.99. The predicted octanol–water partition coefficient (Wildman–Crippen LogP) is 2.38. The molecule has 1 fully saturated rings. The van der Waals surface area contributed by atoms with Gasteiger partial charge in [0.25, 0.3) is 0 Å². The van der Waals surface area contributed by atoms with Crippen LogP contribution in [-0.4, -0.2) is 31.6 Å². The molecule has 2 heterocycles. The maximum absolute atomic E-state index is 10.6. The molecule has 0 amide bonds. The lowest BCUT2D eigenvalue weighted by Gasteiger charge is -2.06. The van der Waals surface area contributed by atoms with Gasteiger partial charge >= 0.3 is 5.97 Å². The maximum Gasteiger partial charge on any atom is 0.313 e. The van der Waals surface area contributed by atoms with Gasteiger partial charge in [-0.3, -0.25) is 9.36 Å². The Hall–Kier alpha value is -1.34. The Balaban J connectivity index is 1.95. The molecule has 94 valence electrons. The average molecular weight is 281 g/mol. The van der Waals surface area contributed by atoms with Gasteiger partial charge in [0.2, 0.25) is 0 Å². The summed E-state index contributed by atoms with van der Waals surface area (Å²) >= 11 is 2.82. The molecule has 1 N–H and O–H groups in total. The van der Waals surface area contributed by atoms with Gasteiger partial charge in [0.1, 0.15) is 5.82 Å². The molecular formula is C11H11N3O2S2. The first kappa shape index (κ1) is 11.7. The van der Waals surface area contributed by atoms with Crippen molar-refractivity contribution in [3.05, 3.63) is 22.7 Å². The second kappa shape index (κ2) is 4.74. The number of hydrogen-bond donors (Lipinski definition) is 1. The van der Waals surface area contributed by atoms with Gasteiger partial charge in [-0.05, 0) is 24.3 Å². The third kappa shape index (κ3) is 2.28. The summed E-state index contributed by atoms with van der Waals surface area (Å²) in [5.41, 5.74) is 1.03. The van der Waals surface area contributed by atoms with Crippen molar-refractivity contribution in [2.75, 3.05) is 5.75 Å². The van der Waals surface area contributed by atoms with Crippen molar-refractivity contribution >= 4 is 29.1 Å². The molecule has 5 nitrogen and oxygen atoms in total. The molecule has 0 saturated heterocycles. The van der Waals surface area contributed by atoms with E-state index in [4.69, 9.17) is 5.11 Å².